The van der Waals surface area contributed by atoms with Gasteiger partial charge >= 0.3 is 0 Å². The van der Waals surface area contributed by atoms with E-state index >= 15 is 0 Å². The van der Waals surface area contributed by atoms with E-state index < -0.39 is 0 Å². The third-order valence-corrected chi connectivity index (χ3v) is 3.51. The molecule has 108 valence electrons. The predicted octanol–water partition coefficient (Wildman–Crippen LogP) is 0.411. The molecule has 0 unspecified atom stereocenters. The van der Waals surface area contributed by atoms with Crippen molar-refractivity contribution in [2.24, 2.45) is 0 Å². The van der Waals surface area contributed by atoms with Gasteiger partial charge in [-0.25, -0.2) is 0 Å². The number of nitrogens with zero attached hydrogens (tertiary/aromatic N) is 1. The zero-order chi connectivity index (χ0) is 14.4. The number of carbonyl (C=O) groups is 2. The summed E-state index contributed by atoms with van der Waals surface area (Å²) < 4.78 is 0. The second kappa shape index (κ2) is 7.05. The molecule has 5 heteroatoms. The topological polar surface area (TPSA) is 61.4 Å². The molecule has 2 rings (SSSR count). The lowest BCUT2D eigenvalue weighted by Crippen LogP contribution is -2.46. The van der Waals surface area contributed by atoms with Gasteiger partial charge in [0.1, 0.15) is 0 Å². The van der Waals surface area contributed by atoms with Crippen LogP contribution in [-0.2, 0) is 11.2 Å². The minimum Gasteiger partial charge on any atom is -0.355 e. The summed E-state index contributed by atoms with van der Waals surface area (Å²) in [5.74, 6) is 0.0946. The molecular weight excluding hydrogens is 254 g/mol. The lowest BCUT2D eigenvalue weighted by molar-refractivity contribution is -0.131. The predicted molar refractivity (Wildman–Crippen MR) is 77.6 cm³/mol. The van der Waals surface area contributed by atoms with Gasteiger partial charge in [-0.2, -0.15) is 0 Å². The van der Waals surface area contributed by atoms with Crippen LogP contribution in [0.15, 0.2) is 24.3 Å². The van der Waals surface area contributed by atoms with Gasteiger partial charge in [-0.15, -0.1) is 0 Å². The molecule has 20 heavy (non-hydrogen) atoms. The van der Waals surface area contributed by atoms with Gasteiger partial charge in [0.25, 0.3) is 5.91 Å². The molecule has 0 bridgehead atoms. The first kappa shape index (κ1) is 14.5. The summed E-state index contributed by atoms with van der Waals surface area (Å²) in [7, 11) is 1.61. The van der Waals surface area contributed by atoms with Crippen molar-refractivity contribution in [2.45, 2.75) is 12.8 Å². The molecule has 0 atom stereocenters. The molecular formula is C15H21N3O2. The number of hydrogen-bond donors (Lipinski definition) is 2. The second-order valence-electron chi connectivity index (χ2n) is 4.91. The molecule has 2 N–H and O–H groups in total. The Balaban J connectivity index is 1.90. The van der Waals surface area contributed by atoms with Crippen molar-refractivity contribution in [2.75, 3.05) is 33.2 Å². The van der Waals surface area contributed by atoms with Crippen LogP contribution in [0.5, 0.6) is 0 Å². The summed E-state index contributed by atoms with van der Waals surface area (Å²) in [4.78, 5) is 25.5. The molecule has 1 heterocycles. The number of hydrogen-bond acceptors (Lipinski definition) is 3. The van der Waals surface area contributed by atoms with Gasteiger partial charge < -0.3 is 15.5 Å². The molecule has 0 radical (unpaired) electrons. The fourth-order valence-electron chi connectivity index (χ4n) is 2.34. The first-order chi connectivity index (χ1) is 9.70. The normalized spacial score (nSPS) is 14.9. The maximum Gasteiger partial charge on any atom is 0.251 e. The Morgan fingerprint density at radius 1 is 1.30 bits per heavy atom. The van der Waals surface area contributed by atoms with Gasteiger partial charge in [-0.3, -0.25) is 9.59 Å². The number of amides is 2. The zero-order valence-corrected chi connectivity index (χ0v) is 11.8. The second-order valence-corrected chi connectivity index (χ2v) is 4.91. The molecule has 0 aliphatic carbocycles. The highest BCUT2D eigenvalue weighted by atomic mass is 16.2. The maximum atomic E-state index is 12.1. The van der Waals surface area contributed by atoms with Crippen molar-refractivity contribution in [1.29, 1.82) is 0 Å². The zero-order valence-electron chi connectivity index (χ0n) is 11.8. The van der Waals surface area contributed by atoms with Gasteiger partial charge in [0.15, 0.2) is 0 Å². The van der Waals surface area contributed by atoms with Gasteiger partial charge in [-0.05, 0) is 24.1 Å². The van der Waals surface area contributed by atoms with E-state index in [1.807, 2.05) is 23.1 Å². The van der Waals surface area contributed by atoms with E-state index in [0.717, 1.165) is 31.7 Å². The Kier molecular flexibility index (Phi) is 5.12. The Morgan fingerprint density at radius 3 is 2.75 bits per heavy atom. The summed E-state index contributed by atoms with van der Waals surface area (Å²) in [5.41, 5.74) is 1.66. The average molecular weight is 275 g/mol. The van der Waals surface area contributed by atoms with Gasteiger partial charge in [0.05, 0.1) is 0 Å². The lowest BCUT2D eigenvalue weighted by atomic mass is 10.1. The summed E-state index contributed by atoms with van der Waals surface area (Å²) in [5, 5.41) is 5.84. The molecule has 1 aromatic carbocycles. The number of nitrogens with one attached hydrogen (secondary N) is 2. The minimum atomic E-state index is -0.0970. The molecule has 2 amide bonds. The monoisotopic (exact) mass is 275 g/mol. The highest BCUT2D eigenvalue weighted by Gasteiger charge is 2.15. The van der Waals surface area contributed by atoms with Crippen molar-refractivity contribution in [3.63, 3.8) is 0 Å². The fraction of sp³-hybridized carbons (Fsp3) is 0.467. The van der Waals surface area contributed by atoms with Crippen LogP contribution < -0.4 is 10.6 Å². The van der Waals surface area contributed by atoms with Crippen molar-refractivity contribution in [3.05, 3.63) is 35.4 Å². The average Bonchev–Trinajstić information content (AvgIpc) is 2.53. The molecule has 1 aromatic rings. The van der Waals surface area contributed by atoms with Crippen LogP contribution in [0.3, 0.4) is 0 Å². The summed E-state index contributed by atoms with van der Waals surface area (Å²) in [6.45, 7) is 3.32. The Morgan fingerprint density at radius 2 is 2.05 bits per heavy atom. The van der Waals surface area contributed by atoms with E-state index in [4.69, 9.17) is 0 Å². The van der Waals surface area contributed by atoms with Crippen LogP contribution in [0, 0.1) is 0 Å². The highest BCUT2D eigenvalue weighted by Crippen LogP contribution is 2.09. The number of benzene rings is 1. The van der Waals surface area contributed by atoms with E-state index in [-0.39, 0.29) is 11.8 Å². The largest absolute Gasteiger partial charge is 0.355 e. The van der Waals surface area contributed by atoms with E-state index in [0.29, 0.717) is 18.4 Å². The minimum absolute atomic E-state index is 0.0970. The fourth-order valence-corrected chi connectivity index (χ4v) is 2.34. The number of rotatable bonds is 4. The number of aryl methyl sites for hydroxylation is 1. The third-order valence-electron chi connectivity index (χ3n) is 3.51. The lowest BCUT2D eigenvalue weighted by Gasteiger charge is -2.27. The van der Waals surface area contributed by atoms with Gasteiger partial charge in [0.2, 0.25) is 5.91 Å². The quantitative estimate of drug-likeness (QED) is 0.837. The van der Waals surface area contributed by atoms with Gasteiger partial charge in [0, 0.05) is 45.2 Å². The smallest absolute Gasteiger partial charge is 0.251 e. The molecule has 0 spiro atoms. The Bertz CT molecular complexity index is 482. The van der Waals surface area contributed by atoms with Crippen molar-refractivity contribution >= 4 is 11.8 Å². The molecule has 1 fully saturated rings. The molecule has 0 aromatic heterocycles. The Hall–Kier alpha value is -1.88. The molecule has 5 nitrogen and oxygen atoms in total. The van der Waals surface area contributed by atoms with E-state index in [9.17, 15) is 9.59 Å². The van der Waals surface area contributed by atoms with Crippen LogP contribution in [0.4, 0.5) is 0 Å². The molecule has 1 aliphatic heterocycles. The van der Waals surface area contributed by atoms with Crippen molar-refractivity contribution in [1.82, 2.24) is 15.5 Å². The van der Waals surface area contributed by atoms with E-state index in [2.05, 4.69) is 10.6 Å². The number of piperazine rings is 1. The molecule has 0 saturated carbocycles. The van der Waals surface area contributed by atoms with Crippen LogP contribution >= 0.6 is 0 Å². The van der Waals surface area contributed by atoms with Crippen molar-refractivity contribution < 1.29 is 9.59 Å². The molecule has 1 aliphatic rings. The summed E-state index contributed by atoms with van der Waals surface area (Å²) >= 11 is 0. The maximum absolute atomic E-state index is 12.1. The summed E-state index contributed by atoms with van der Waals surface area (Å²) in [6, 6.07) is 7.44. The van der Waals surface area contributed by atoms with Crippen LogP contribution in [0.1, 0.15) is 22.3 Å². The highest BCUT2D eigenvalue weighted by molar-refractivity contribution is 5.94. The van der Waals surface area contributed by atoms with Crippen molar-refractivity contribution in [3.8, 4) is 0 Å². The summed E-state index contributed by atoms with van der Waals surface area (Å²) in [6.07, 6.45) is 1.17. The molecule has 1 saturated heterocycles. The third kappa shape index (κ3) is 3.81. The van der Waals surface area contributed by atoms with Gasteiger partial charge in [-0.1, -0.05) is 12.1 Å². The van der Waals surface area contributed by atoms with E-state index in [1.54, 1.807) is 13.1 Å². The van der Waals surface area contributed by atoms with E-state index in [1.165, 1.54) is 0 Å². The SMILES string of the molecule is CNC(=O)c1cccc(CCC(=O)N2CCNCC2)c1. The first-order valence-corrected chi connectivity index (χ1v) is 7.00. The standard InChI is InChI=1S/C15H21N3O2/c1-16-15(20)13-4-2-3-12(11-13)5-6-14(19)18-9-7-17-8-10-18/h2-4,11,17H,5-10H2,1H3,(H,16,20). The number of carbonyl (C=O) groups excluding carboxylic acids is 2. The van der Waals surface area contributed by atoms with Crippen LogP contribution in [0.2, 0.25) is 0 Å². The van der Waals surface area contributed by atoms with Crippen LogP contribution in [-0.4, -0.2) is 49.9 Å². The first-order valence-electron chi connectivity index (χ1n) is 7.00. The Labute approximate surface area is 119 Å². The van der Waals surface area contributed by atoms with Crippen LogP contribution in [0.25, 0.3) is 0 Å².